The van der Waals surface area contributed by atoms with Gasteiger partial charge in [0.25, 0.3) is 0 Å². The van der Waals surface area contributed by atoms with Crippen LogP contribution in [0.2, 0.25) is 0 Å². The molecule has 3 atom stereocenters. The van der Waals surface area contributed by atoms with Crippen LogP contribution in [0.3, 0.4) is 0 Å². The summed E-state index contributed by atoms with van der Waals surface area (Å²) in [5, 5.41) is 1.25. The molecule has 0 heterocycles. The van der Waals surface area contributed by atoms with Crippen LogP contribution in [0.4, 0.5) is 4.79 Å². The van der Waals surface area contributed by atoms with Gasteiger partial charge in [0, 0.05) is 27.1 Å². The van der Waals surface area contributed by atoms with Crippen LogP contribution in [-0.4, -0.2) is 68.0 Å². The molecule has 0 aromatic rings. The Morgan fingerprint density at radius 2 is 1.71 bits per heavy atom. The second kappa shape index (κ2) is 9.97. The van der Waals surface area contributed by atoms with Crippen LogP contribution in [0.15, 0.2) is 0 Å². The Morgan fingerprint density at radius 1 is 1.12 bits per heavy atom. The van der Waals surface area contributed by atoms with Gasteiger partial charge in [-0.15, -0.1) is 0 Å². The molecule has 0 spiro atoms. The van der Waals surface area contributed by atoms with Crippen molar-refractivity contribution in [2.75, 3.05) is 28.3 Å². The molecule has 0 aromatic carbocycles. The smallest absolute Gasteiger partial charge is 1.00 e. The van der Waals surface area contributed by atoms with Crippen LogP contribution in [0.1, 0.15) is 41.5 Å². The van der Waals surface area contributed by atoms with E-state index >= 15 is 0 Å². The largest absolute Gasteiger partial charge is 1.00 e. The van der Waals surface area contributed by atoms with Crippen molar-refractivity contribution in [3.05, 3.63) is 0 Å². The van der Waals surface area contributed by atoms with Gasteiger partial charge < -0.3 is 15.8 Å². The van der Waals surface area contributed by atoms with Gasteiger partial charge in [-0.1, -0.05) is 0 Å². The quantitative estimate of drug-likeness (QED) is 0.487. The molecule has 1 aliphatic carbocycles. The number of amides is 2. The summed E-state index contributed by atoms with van der Waals surface area (Å²) in [6.07, 6.45) is 1.34. The van der Waals surface area contributed by atoms with Gasteiger partial charge in [-0.05, 0) is 40.0 Å². The summed E-state index contributed by atoms with van der Waals surface area (Å²) in [7, 11) is 6.39. The molecule has 136 valence electrons. The average Bonchev–Trinajstić information content (AvgIpc) is 2.50. The predicted octanol–water partition coefficient (Wildman–Crippen LogP) is -0.827. The normalized spacial score (nSPS) is 23.9. The van der Waals surface area contributed by atoms with Crippen molar-refractivity contribution in [3.63, 3.8) is 0 Å². The summed E-state index contributed by atoms with van der Waals surface area (Å²) in [5.41, 5.74) is -0.539. The fourth-order valence-corrected chi connectivity index (χ4v) is 2.85. The number of ether oxygens (including phenoxy) is 2. The van der Waals surface area contributed by atoms with Crippen LogP contribution in [-0.2, 0) is 19.1 Å². The van der Waals surface area contributed by atoms with E-state index in [0.717, 1.165) is 0 Å². The first-order chi connectivity index (χ1) is 10.6. The molecule has 0 unspecified atom stereocenters. The van der Waals surface area contributed by atoms with E-state index in [1.165, 1.54) is 12.2 Å². The van der Waals surface area contributed by atoms with Crippen molar-refractivity contribution in [1.82, 2.24) is 9.96 Å². The van der Waals surface area contributed by atoms with Crippen molar-refractivity contribution < 1.29 is 54.9 Å². The molecule has 0 aliphatic heterocycles. The number of carbonyl (C=O) groups is 2. The molecule has 1 fully saturated rings. The Labute approximate surface area is 168 Å². The summed E-state index contributed by atoms with van der Waals surface area (Å²) in [6.45, 7) is 5.51. The monoisotopic (exact) mass is 354 g/mol. The summed E-state index contributed by atoms with van der Waals surface area (Å²) in [5.74, 6) is -0.221. The standard InChI is InChI=1S/C16H30N2O5.Na.H/c1-16(2,3)23-15(20)17(4)12-9-8-11(10-13(12)21-6)14(19)18(5)22-7;;/h11-13H,8-10H2,1-7H3;;/q;+1;-1/t11-,12+,13+;;/m0../s1. The van der Waals surface area contributed by atoms with E-state index in [9.17, 15) is 9.59 Å². The second-order valence-electron chi connectivity index (χ2n) is 6.96. The molecule has 0 aromatic heterocycles. The summed E-state index contributed by atoms with van der Waals surface area (Å²) >= 11 is 0. The second-order valence-corrected chi connectivity index (χ2v) is 6.96. The zero-order valence-corrected chi connectivity index (χ0v) is 18.3. The van der Waals surface area contributed by atoms with E-state index < -0.39 is 5.60 Å². The van der Waals surface area contributed by atoms with E-state index in [2.05, 4.69) is 0 Å². The van der Waals surface area contributed by atoms with Crippen molar-refractivity contribution in [2.45, 2.75) is 57.8 Å². The Morgan fingerprint density at radius 3 is 2.17 bits per heavy atom. The van der Waals surface area contributed by atoms with E-state index in [1.807, 2.05) is 20.8 Å². The minimum atomic E-state index is -0.539. The maximum atomic E-state index is 12.2. The van der Waals surface area contributed by atoms with Crippen molar-refractivity contribution in [2.24, 2.45) is 5.92 Å². The maximum Gasteiger partial charge on any atom is 1.00 e. The Kier molecular flexibility index (Phi) is 9.83. The van der Waals surface area contributed by atoms with E-state index in [4.69, 9.17) is 14.3 Å². The predicted molar refractivity (Wildman–Crippen MR) is 86.8 cm³/mol. The molecule has 2 amide bonds. The average molecular weight is 354 g/mol. The number of carbonyl (C=O) groups excluding carboxylic acids is 2. The molecule has 1 rings (SSSR count). The first-order valence-electron chi connectivity index (χ1n) is 7.91. The summed E-state index contributed by atoms with van der Waals surface area (Å²) in [4.78, 5) is 31.0. The van der Waals surface area contributed by atoms with E-state index in [-0.39, 0.29) is 61.0 Å². The maximum absolute atomic E-state index is 12.2. The molecular formula is C16H31N2NaO5. The number of hydrogen-bond donors (Lipinski definition) is 0. The van der Waals surface area contributed by atoms with Crippen LogP contribution in [0.5, 0.6) is 0 Å². The number of likely N-dealkylation sites (N-methyl/N-ethyl adjacent to an activating group) is 1. The molecule has 0 saturated heterocycles. The molecule has 0 radical (unpaired) electrons. The van der Waals surface area contributed by atoms with Crippen molar-refractivity contribution >= 4 is 12.0 Å². The zero-order chi connectivity index (χ0) is 17.8. The molecule has 8 heteroatoms. The topological polar surface area (TPSA) is 68.3 Å². The number of hydroxylamine groups is 2. The number of hydrogen-bond acceptors (Lipinski definition) is 5. The minimum absolute atomic E-state index is 0. The summed E-state index contributed by atoms with van der Waals surface area (Å²) < 4.78 is 10.9. The molecule has 0 N–H and O–H groups in total. The number of nitrogens with zero attached hydrogens (tertiary/aromatic N) is 2. The van der Waals surface area contributed by atoms with E-state index in [0.29, 0.717) is 19.3 Å². The first-order valence-corrected chi connectivity index (χ1v) is 7.91. The zero-order valence-electron chi connectivity index (χ0n) is 17.3. The molecule has 24 heavy (non-hydrogen) atoms. The van der Waals surface area contributed by atoms with Crippen molar-refractivity contribution in [3.8, 4) is 0 Å². The van der Waals surface area contributed by atoms with Gasteiger partial charge >= 0.3 is 35.7 Å². The Hall–Kier alpha value is -0.340. The van der Waals surface area contributed by atoms with Crippen LogP contribution in [0, 0.1) is 5.92 Å². The SMILES string of the molecule is CO[C@@H]1C[C@@H](C(=O)N(C)OC)CC[C@H]1N(C)C(=O)OC(C)(C)C.[H-].[Na+]. The Balaban J connectivity index is 0. The third-order valence-electron chi connectivity index (χ3n) is 4.17. The van der Waals surface area contributed by atoms with Gasteiger partial charge in [0.15, 0.2) is 0 Å². The fraction of sp³-hybridized carbons (Fsp3) is 0.875. The van der Waals surface area contributed by atoms with Gasteiger partial charge in [0.05, 0.1) is 19.3 Å². The third-order valence-corrected chi connectivity index (χ3v) is 4.17. The molecule has 1 saturated carbocycles. The van der Waals surface area contributed by atoms with Crippen molar-refractivity contribution in [1.29, 1.82) is 0 Å². The van der Waals surface area contributed by atoms with Crippen LogP contribution in [0.25, 0.3) is 0 Å². The molecule has 0 bridgehead atoms. The molecular weight excluding hydrogens is 323 g/mol. The molecule has 1 aliphatic rings. The van der Waals surface area contributed by atoms with E-state index in [1.54, 1.807) is 26.1 Å². The van der Waals surface area contributed by atoms with Gasteiger partial charge in [-0.25, -0.2) is 9.86 Å². The minimum Gasteiger partial charge on any atom is -1.00 e. The number of methoxy groups -OCH3 is 1. The molecule has 7 nitrogen and oxygen atoms in total. The van der Waals surface area contributed by atoms with Gasteiger partial charge in [-0.2, -0.15) is 0 Å². The fourth-order valence-electron chi connectivity index (χ4n) is 2.85. The third kappa shape index (κ3) is 6.52. The Bertz CT molecular complexity index is 433. The summed E-state index contributed by atoms with van der Waals surface area (Å²) in [6, 6.07) is -0.105. The number of rotatable bonds is 4. The van der Waals surface area contributed by atoms with Gasteiger partial charge in [0.1, 0.15) is 5.60 Å². The van der Waals surface area contributed by atoms with Gasteiger partial charge in [-0.3, -0.25) is 9.63 Å². The van der Waals surface area contributed by atoms with Crippen LogP contribution >= 0.6 is 0 Å². The van der Waals surface area contributed by atoms with Gasteiger partial charge in [0.2, 0.25) is 5.91 Å². The van der Waals surface area contributed by atoms with Crippen LogP contribution < -0.4 is 29.6 Å². The first kappa shape index (κ1) is 23.7.